The second-order valence-electron chi connectivity index (χ2n) is 6.19. The molecule has 4 nitrogen and oxygen atoms in total. The van der Waals surface area contributed by atoms with Gasteiger partial charge in [0.2, 0.25) is 0 Å². The van der Waals surface area contributed by atoms with Crippen molar-refractivity contribution in [1.82, 2.24) is 4.68 Å². The van der Waals surface area contributed by atoms with Gasteiger partial charge in [0.15, 0.2) is 0 Å². The molecular formula is C19H15ClF3N3O. The van der Waals surface area contributed by atoms with E-state index in [1.165, 1.54) is 0 Å². The van der Waals surface area contributed by atoms with E-state index in [0.717, 1.165) is 23.6 Å². The van der Waals surface area contributed by atoms with Crippen molar-refractivity contribution in [2.45, 2.75) is 37.2 Å². The van der Waals surface area contributed by atoms with Gasteiger partial charge in [-0.15, -0.1) is 11.6 Å². The molecule has 0 saturated heterocycles. The van der Waals surface area contributed by atoms with Gasteiger partial charge in [-0.3, -0.25) is 4.79 Å². The van der Waals surface area contributed by atoms with Crippen LogP contribution in [0.4, 0.5) is 18.9 Å². The number of nitrogens with zero attached hydrogens (tertiary/aromatic N) is 3. The molecule has 8 heteroatoms. The van der Waals surface area contributed by atoms with Gasteiger partial charge in [0.1, 0.15) is 0 Å². The van der Waals surface area contributed by atoms with Gasteiger partial charge in [-0.25, -0.2) is 9.52 Å². The normalized spacial score (nSPS) is 19.1. The van der Waals surface area contributed by atoms with Gasteiger partial charge in [0, 0.05) is 5.56 Å². The molecule has 1 heterocycles. The predicted molar refractivity (Wildman–Crippen MR) is 98.3 cm³/mol. The molecule has 0 N–H and O–H groups in total. The van der Waals surface area contributed by atoms with Crippen LogP contribution < -0.4 is 5.56 Å². The number of alkyl halides is 4. The van der Waals surface area contributed by atoms with Gasteiger partial charge >= 0.3 is 6.18 Å². The highest BCUT2D eigenvalue weighted by Gasteiger charge is 2.36. The molecule has 1 aromatic heterocycles. The first-order chi connectivity index (χ1) is 12.8. The minimum atomic E-state index is -4.82. The van der Waals surface area contributed by atoms with Crippen molar-refractivity contribution in [1.29, 1.82) is 0 Å². The van der Waals surface area contributed by atoms with E-state index in [-0.39, 0.29) is 11.1 Å². The highest BCUT2D eigenvalue weighted by Crippen LogP contribution is 2.37. The number of pyridine rings is 1. The summed E-state index contributed by atoms with van der Waals surface area (Å²) in [4.78, 5) is 15.6. The maximum Gasteiger partial charge on any atom is 0.407 e. The Kier molecular flexibility index (Phi) is 5.38. The van der Waals surface area contributed by atoms with E-state index >= 15 is 0 Å². The maximum atomic E-state index is 13.4. The third-order valence-corrected chi connectivity index (χ3v) is 4.85. The van der Waals surface area contributed by atoms with E-state index in [4.69, 9.17) is 18.2 Å². The average Bonchev–Trinajstić information content (AvgIpc) is 2.64. The summed E-state index contributed by atoms with van der Waals surface area (Å²) in [7, 11) is 0. The highest BCUT2D eigenvalue weighted by atomic mass is 35.5. The molecule has 0 radical (unpaired) electrons. The van der Waals surface area contributed by atoms with E-state index in [9.17, 15) is 18.0 Å². The summed E-state index contributed by atoms with van der Waals surface area (Å²) in [5.41, 5.74) is -2.44. The maximum absolute atomic E-state index is 13.4. The van der Waals surface area contributed by atoms with Crippen LogP contribution >= 0.6 is 11.6 Å². The van der Waals surface area contributed by atoms with Crippen LogP contribution in [-0.2, 0) is 6.18 Å². The first-order valence-electron chi connectivity index (χ1n) is 8.35. The SMILES string of the molecule is [C-]#[N+]c1c(C(F)(F)F)cc(-c2ccccc2)n(N=C2CCCCC2Cl)c1=O. The van der Waals surface area contributed by atoms with Gasteiger partial charge in [-0.2, -0.15) is 18.3 Å². The Labute approximate surface area is 158 Å². The Morgan fingerprint density at radius 2 is 1.93 bits per heavy atom. The summed E-state index contributed by atoms with van der Waals surface area (Å²) < 4.78 is 41.1. The molecule has 1 aliphatic rings. The van der Waals surface area contributed by atoms with Crippen molar-refractivity contribution in [3.63, 3.8) is 0 Å². The molecular weight excluding hydrogens is 379 g/mol. The molecule has 0 spiro atoms. The standard InChI is InChI=1S/C19H15ClF3N3O/c1-24-17-13(19(21,22)23)11-16(12-7-3-2-4-8-12)26(18(17)27)25-15-10-6-5-9-14(15)20/h2-4,7-8,11,14H,5-6,9-10H2. The summed E-state index contributed by atoms with van der Waals surface area (Å²) in [5, 5.41) is 3.90. The van der Waals surface area contributed by atoms with Crippen molar-refractivity contribution in [2.24, 2.45) is 5.10 Å². The van der Waals surface area contributed by atoms with Crippen molar-refractivity contribution >= 4 is 23.0 Å². The summed E-state index contributed by atoms with van der Waals surface area (Å²) in [6.45, 7) is 7.07. The lowest BCUT2D eigenvalue weighted by Crippen LogP contribution is -2.26. The summed E-state index contributed by atoms with van der Waals surface area (Å²) >= 11 is 6.27. The van der Waals surface area contributed by atoms with Gasteiger partial charge in [-0.05, 0) is 25.3 Å². The van der Waals surface area contributed by atoms with Crippen LogP contribution in [0.1, 0.15) is 31.2 Å². The molecule has 0 aliphatic heterocycles. The van der Waals surface area contributed by atoms with Crippen LogP contribution in [0.15, 0.2) is 46.3 Å². The topological polar surface area (TPSA) is 38.7 Å². The van der Waals surface area contributed by atoms with Crippen LogP contribution in [0, 0.1) is 6.57 Å². The summed E-state index contributed by atoms with van der Waals surface area (Å²) in [6.07, 6.45) is -1.81. The summed E-state index contributed by atoms with van der Waals surface area (Å²) in [5.74, 6) is 0. The number of hydrogen-bond acceptors (Lipinski definition) is 2. The van der Waals surface area contributed by atoms with E-state index in [0.29, 0.717) is 24.1 Å². The minimum Gasteiger partial charge on any atom is -0.281 e. The Morgan fingerprint density at radius 3 is 2.52 bits per heavy atom. The second-order valence-corrected chi connectivity index (χ2v) is 6.72. The average molecular weight is 394 g/mol. The molecule has 1 unspecified atom stereocenters. The lowest BCUT2D eigenvalue weighted by Gasteiger charge is -2.20. The molecule has 27 heavy (non-hydrogen) atoms. The Bertz CT molecular complexity index is 975. The van der Waals surface area contributed by atoms with E-state index < -0.39 is 23.0 Å². The van der Waals surface area contributed by atoms with Crippen molar-refractivity contribution in [3.05, 3.63) is 63.7 Å². The molecule has 0 amide bonds. The Balaban J connectivity index is 2.33. The minimum absolute atomic E-state index is 0.0257. The first-order valence-corrected chi connectivity index (χ1v) is 8.78. The molecule has 1 saturated carbocycles. The smallest absolute Gasteiger partial charge is 0.281 e. The lowest BCUT2D eigenvalue weighted by molar-refractivity contribution is -0.136. The van der Waals surface area contributed by atoms with Crippen LogP contribution in [-0.4, -0.2) is 15.8 Å². The van der Waals surface area contributed by atoms with Gasteiger partial charge in [0.25, 0.3) is 11.2 Å². The molecule has 1 aliphatic carbocycles. The molecule has 0 bridgehead atoms. The van der Waals surface area contributed by atoms with Crippen LogP contribution in [0.5, 0.6) is 0 Å². The van der Waals surface area contributed by atoms with Crippen LogP contribution in [0.3, 0.4) is 0 Å². The van der Waals surface area contributed by atoms with Crippen LogP contribution in [0.2, 0.25) is 0 Å². The molecule has 1 atom stereocenters. The summed E-state index contributed by atoms with van der Waals surface area (Å²) in [6, 6.07) is 8.99. The number of halogens is 4. The van der Waals surface area contributed by atoms with Crippen molar-refractivity contribution in [2.75, 3.05) is 0 Å². The zero-order valence-corrected chi connectivity index (χ0v) is 14.9. The molecule has 140 valence electrons. The monoisotopic (exact) mass is 393 g/mol. The van der Waals surface area contributed by atoms with Crippen molar-refractivity contribution < 1.29 is 13.2 Å². The number of hydrogen-bond donors (Lipinski definition) is 0. The molecule has 3 rings (SSSR count). The number of benzene rings is 1. The molecule has 2 aromatic rings. The van der Waals surface area contributed by atoms with E-state index in [2.05, 4.69) is 9.95 Å². The molecule has 1 aromatic carbocycles. The Morgan fingerprint density at radius 1 is 1.22 bits per heavy atom. The van der Waals surface area contributed by atoms with Crippen LogP contribution in [0.25, 0.3) is 16.1 Å². The van der Waals surface area contributed by atoms with Gasteiger partial charge in [-0.1, -0.05) is 36.8 Å². The fourth-order valence-corrected chi connectivity index (χ4v) is 3.33. The quantitative estimate of drug-likeness (QED) is 0.492. The zero-order chi connectivity index (χ0) is 19.6. The lowest BCUT2D eigenvalue weighted by atomic mass is 9.98. The Hall–Kier alpha value is -2.59. The number of rotatable bonds is 2. The van der Waals surface area contributed by atoms with E-state index in [1.54, 1.807) is 30.3 Å². The first kappa shape index (κ1) is 19.2. The van der Waals surface area contributed by atoms with Crippen molar-refractivity contribution in [3.8, 4) is 11.3 Å². The fraction of sp³-hybridized carbons (Fsp3) is 0.316. The third-order valence-electron chi connectivity index (χ3n) is 4.38. The predicted octanol–water partition coefficient (Wildman–Crippen LogP) is 5.47. The molecule has 1 fully saturated rings. The van der Waals surface area contributed by atoms with Gasteiger partial charge in [0.05, 0.1) is 28.9 Å². The highest BCUT2D eigenvalue weighted by molar-refractivity contribution is 6.32. The van der Waals surface area contributed by atoms with Gasteiger partial charge < -0.3 is 0 Å². The van der Waals surface area contributed by atoms with E-state index in [1.807, 2.05) is 0 Å². The third kappa shape index (κ3) is 3.91. The largest absolute Gasteiger partial charge is 0.407 e. The second kappa shape index (κ2) is 7.57. The number of aromatic nitrogens is 1. The zero-order valence-electron chi connectivity index (χ0n) is 14.1. The fourth-order valence-electron chi connectivity index (χ4n) is 3.02.